The van der Waals surface area contributed by atoms with E-state index in [2.05, 4.69) is 4.98 Å². The van der Waals surface area contributed by atoms with Gasteiger partial charge in [0.2, 0.25) is 0 Å². The van der Waals surface area contributed by atoms with Crippen LogP contribution < -0.4 is 4.74 Å². The Balaban J connectivity index is 1.97. The van der Waals surface area contributed by atoms with Gasteiger partial charge < -0.3 is 9.84 Å². The molecule has 1 heterocycles. The number of thiazole rings is 1. The van der Waals surface area contributed by atoms with Gasteiger partial charge in [0.15, 0.2) is 11.5 Å². The monoisotopic (exact) mass is 271 g/mol. The van der Waals surface area contributed by atoms with Gasteiger partial charge in [0.25, 0.3) is 5.19 Å². The van der Waals surface area contributed by atoms with E-state index in [-0.39, 0.29) is 5.75 Å². The van der Waals surface area contributed by atoms with Crippen molar-refractivity contribution >= 4 is 22.1 Å². The molecule has 0 saturated heterocycles. The molecule has 0 aliphatic rings. The summed E-state index contributed by atoms with van der Waals surface area (Å²) in [6.45, 7) is 2.05. The Hall–Kier alpha value is -2.07. The molecule has 1 aromatic heterocycles. The number of aryl methyl sites for hydroxylation is 1. The second-order valence-electron chi connectivity index (χ2n) is 4.23. The van der Waals surface area contributed by atoms with Gasteiger partial charge in [-0.25, -0.2) is 4.98 Å². The summed E-state index contributed by atoms with van der Waals surface area (Å²) in [6, 6.07) is 11.4. The first-order chi connectivity index (χ1) is 9.26. The van der Waals surface area contributed by atoms with E-state index < -0.39 is 0 Å². The number of hydrogen-bond donors (Lipinski definition) is 1. The fourth-order valence-corrected chi connectivity index (χ4v) is 2.64. The van der Waals surface area contributed by atoms with Gasteiger partial charge >= 0.3 is 0 Å². The van der Waals surface area contributed by atoms with Gasteiger partial charge in [0.1, 0.15) is 0 Å². The predicted octanol–water partition coefficient (Wildman–Crippen LogP) is 4.36. The first-order valence-electron chi connectivity index (χ1n) is 6.10. The molecular weight excluding hydrogens is 258 g/mol. The highest BCUT2D eigenvalue weighted by Crippen LogP contribution is 2.35. The molecule has 0 spiro atoms. The van der Waals surface area contributed by atoms with Crippen molar-refractivity contribution in [2.75, 3.05) is 0 Å². The van der Waals surface area contributed by atoms with E-state index in [0.717, 1.165) is 22.9 Å². The van der Waals surface area contributed by atoms with Crippen molar-refractivity contribution in [3.8, 4) is 16.7 Å². The largest absolute Gasteiger partial charge is 0.504 e. The summed E-state index contributed by atoms with van der Waals surface area (Å²) in [5.74, 6) is 0.572. The lowest BCUT2D eigenvalue weighted by Gasteiger charge is -2.06. The topological polar surface area (TPSA) is 42.4 Å². The Bertz CT molecular complexity index is 721. The van der Waals surface area contributed by atoms with Gasteiger partial charge in [-0.15, -0.1) is 0 Å². The van der Waals surface area contributed by atoms with Gasteiger partial charge in [-0.3, -0.25) is 0 Å². The normalized spacial score (nSPS) is 10.8. The summed E-state index contributed by atoms with van der Waals surface area (Å²) < 4.78 is 5.66. The zero-order valence-electron chi connectivity index (χ0n) is 10.5. The fraction of sp³-hybridized carbons (Fsp3) is 0.133. The molecule has 0 unspecified atom stereocenters. The molecule has 0 atom stereocenters. The number of phenolic OH excluding ortho intramolecular Hbond substituents is 1. The van der Waals surface area contributed by atoms with Crippen LogP contribution in [0.3, 0.4) is 0 Å². The first-order valence-corrected chi connectivity index (χ1v) is 6.98. The standard InChI is InChI=1S/C15H13NO2S/c1-2-12-9-19-15(16-12)18-14-8-11-6-4-3-5-10(11)7-13(14)17/h3-9,17H,2H2,1H3. The Morgan fingerprint density at radius 3 is 2.63 bits per heavy atom. The van der Waals surface area contributed by atoms with Gasteiger partial charge in [-0.2, -0.15) is 0 Å². The summed E-state index contributed by atoms with van der Waals surface area (Å²) in [5.41, 5.74) is 1.00. The van der Waals surface area contributed by atoms with E-state index in [1.807, 2.05) is 42.6 Å². The molecule has 0 amide bonds. The van der Waals surface area contributed by atoms with Gasteiger partial charge in [-0.05, 0) is 29.3 Å². The molecular formula is C15H13NO2S. The lowest BCUT2D eigenvalue weighted by molar-refractivity contribution is 0.410. The third-order valence-electron chi connectivity index (χ3n) is 2.92. The maximum atomic E-state index is 9.99. The molecule has 0 aliphatic carbocycles. The van der Waals surface area contributed by atoms with Crippen LogP contribution in [-0.2, 0) is 6.42 Å². The van der Waals surface area contributed by atoms with Gasteiger partial charge in [0, 0.05) is 5.38 Å². The number of hydrogen-bond acceptors (Lipinski definition) is 4. The molecule has 0 radical (unpaired) electrons. The summed E-state index contributed by atoms with van der Waals surface area (Å²) >= 11 is 1.44. The van der Waals surface area contributed by atoms with Crippen LogP contribution in [0.15, 0.2) is 41.8 Å². The number of rotatable bonds is 3. The molecule has 0 fully saturated rings. The molecule has 96 valence electrons. The Kier molecular flexibility index (Phi) is 3.09. The number of fused-ring (bicyclic) bond motifs is 1. The molecule has 2 aromatic carbocycles. The smallest absolute Gasteiger partial charge is 0.279 e. The highest BCUT2D eigenvalue weighted by atomic mass is 32.1. The van der Waals surface area contributed by atoms with E-state index in [0.29, 0.717) is 10.9 Å². The van der Waals surface area contributed by atoms with Crippen LogP contribution in [0.1, 0.15) is 12.6 Å². The molecule has 3 rings (SSSR count). The number of aromatic hydroxyl groups is 1. The number of aromatic nitrogens is 1. The number of phenols is 1. The summed E-state index contributed by atoms with van der Waals surface area (Å²) in [5, 5.41) is 14.5. The lowest BCUT2D eigenvalue weighted by Crippen LogP contribution is -1.86. The second kappa shape index (κ2) is 4.90. The minimum absolute atomic E-state index is 0.131. The van der Waals surface area contributed by atoms with Crippen LogP contribution in [0, 0.1) is 0 Å². The minimum atomic E-state index is 0.131. The lowest BCUT2D eigenvalue weighted by atomic mass is 10.1. The Labute approximate surface area is 115 Å². The maximum absolute atomic E-state index is 9.99. The predicted molar refractivity (Wildman–Crippen MR) is 77.2 cm³/mol. The van der Waals surface area contributed by atoms with E-state index in [4.69, 9.17) is 4.74 Å². The van der Waals surface area contributed by atoms with E-state index in [9.17, 15) is 5.11 Å². The summed E-state index contributed by atoms with van der Waals surface area (Å²) in [6.07, 6.45) is 0.879. The molecule has 19 heavy (non-hydrogen) atoms. The zero-order chi connectivity index (χ0) is 13.2. The number of nitrogens with zero attached hydrogens (tertiary/aromatic N) is 1. The minimum Gasteiger partial charge on any atom is -0.504 e. The van der Waals surface area contributed by atoms with E-state index in [1.165, 1.54) is 11.3 Å². The molecule has 0 saturated carbocycles. The average Bonchev–Trinajstić information content (AvgIpc) is 2.87. The van der Waals surface area contributed by atoms with Crippen LogP contribution in [-0.4, -0.2) is 10.1 Å². The van der Waals surface area contributed by atoms with Crippen molar-refractivity contribution in [1.29, 1.82) is 0 Å². The van der Waals surface area contributed by atoms with Crippen LogP contribution >= 0.6 is 11.3 Å². The molecule has 3 nitrogen and oxygen atoms in total. The highest BCUT2D eigenvalue weighted by Gasteiger charge is 2.09. The van der Waals surface area contributed by atoms with E-state index in [1.54, 1.807) is 6.07 Å². The van der Waals surface area contributed by atoms with Crippen molar-refractivity contribution in [3.05, 3.63) is 47.5 Å². The second-order valence-corrected chi connectivity index (χ2v) is 5.05. The third kappa shape index (κ3) is 2.39. The van der Waals surface area contributed by atoms with Gasteiger partial charge in [0.05, 0.1) is 5.69 Å². The van der Waals surface area contributed by atoms with Gasteiger partial charge in [-0.1, -0.05) is 42.5 Å². The van der Waals surface area contributed by atoms with Crippen molar-refractivity contribution in [3.63, 3.8) is 0 Å². The van der Waals surface area contributed by atoms with Crippen LogP contribution in [0.4, 0.5) is 0 Å². The van der Waals surface area contributed by atoms with Crippen LogP contribution in [0.5, 0.6) is 16.7 Å². The molecule has 3 aromatic rings. The number of ether oxygens (including phenoxy) is 1. The Morgan fingerprint density at radius 1 is 1.21 bits per heavy atom. The maximum Gasteiger partial charge on any atom is 0.279 e. The molecule has 4 heteroatoms. The fourth-order valence-electron chi connectivity index (χ4n) is 1.88. The average molecular weight is 271 g/mol. The third-order valence-corrected chi connectivity index (χ3v) is 3.68. The van der Waals surface area contributed by atoms with Crippen molar-refractivity contribution < 1.29 is 9.84 Å². The van der Waals surface area contributed by atoms with Crippen LogP contribution in [0.25, 0.3) is 10.8 Å². The number of benzene rings is 2. The van der Waals surface area contributed by atoms with Crippen molar-refractivity contribution in [2.24, 2.45) is 0 Å². The van der Waals surface area contributed by atoms with Crippen molar-refractivity contribution in [2.45, 2.75) is 13.3 Å². The summed E-state index contributed by atoms with van der Waals surface area (Å²) in [4.78, 5) is 4.33. The van der Waals surface area contributed by atoms with Crippen molar-refractivity contribution in [1.82, 2.24) is 4.98 Å². The zero-order valence-corrected chi connectivity index (χ0v) is 11.3. The summed E-state index contributed by atoms with van der Waals surface area (Å²) in [7, 11) is 0. The molecule has 1 N–H and O–H groups in total. The van der Waals surface area contributed by atoms with E-state index >= 15 is 0 Å². The van der Waals surface area contributed by atoms with Crippen LogP contribution in [0.2, 0.25) is 0 Å². The molecule has 0 aliphatic heterocycles. The highest BCUT2D eigenvalue weighted by molar-refractivity contribution is 7.11. The first kappa shape index (κ1) is 12.0. The molecule has 0 bridgehead atoms. The Morgan fingerprint density at radius 2 is 1.95 bits per heavy atom. The SMILES string of the molecule is CCc1csc(Oc2cc3ccccc3cc2O)n1. The quantitative estimate of drug-likeness (QED) is 0.769.